The van der Waals surface area contributed by atoms with Crippen LogP contribution in [-0.2, 0) is 6.42 Å². The first kappa shape index (κ1) is 11.5. The van der Waals surface area contributed by atoms with Crippen LogP contribution in [0.3, 0.4) is 0 Å². The van der Waals surface area contributed by atoms with Crippen LogP contribution < -0.4 is 5.32 Å². The summed E-state index contributed by atoms with van der Waals surface area (Å²) in [5.41, 5.74) is 6.09. The Kier molecular flexibility index (Phi) is 3.22. The lowest BCUT2D eigenvalue weighted by molar-refractivity contribution is 0.747. The zero-order valence-corrected chi connectivity index (χ0v) is 10.9. The number of hydrogen-bond donors (Lipinski definition) is 1. The molecule has 0 fully saturated rings. The molecule has 16 heavy (non-hydrogen) atoms. The first-order valence-electron chi connectivity index (χ1n) is 6.50. The van der Waals surface area contributed by atoms with E-state index in [1.54, 1.807) is 11.1 Å². The third kappa shape index (κ3) is 1.95. The van der Waals surface area contributed by atoms with Gasteiger partial charge in [0.15, 0.2) is 0 Å². The summed E-state index contributed by atoms with van der Waals surface area (Å²) in [5.74, 6) is 1.26. The SMILES string of the molecule is CC(C)c1ccc2c(c1C(C)C)CCCN2. The molecule has 1 heterocycles. The second kappa shape index (κ2) is 4.48. The molecule has 0 bridgehead atoms. The van der Waals surface area contributed by atoms with Crippen LogP contribution in [0.2, 0.25) is 0 Å². The number of hydrogen-bond acceptors (Lipinski definition) is 1. The summed E-state index contributed by atoms with van der Waals surface area (Å²) in [6, 6.07) is 4.59. The first-order valence-corrected chi connectivity index (χ1v) is 6.50. The predicted molar refractivity (Wildman–Crippen MR) is 71.4 cm³/mol. The smallest absolute Gasteiger partial charge is 0.0375 e. The van der Waals surface area contributed by atoms with Crippen LogP contribution in [0.5, 0.6) is 0 Å². The van der Waals surface area contributed by atoms with Gasteiger partial charge < -0.3 is 5.32 Å². The van der Waals surface area contributed by atoms with E-state index in [4.69, 9.17) is 0 Å². The molecule has 0 aliphatic carbocycles. The fraction of sp³-hybridized carbons (Fsp3) is 0.600. The van der Waals surface area contributed by atoms with Crippen LogP contribution >= 0.6 is 0 Å². The van der Waals surface area contributed by atoms with Crippen LogP contribution in [0.25, 0.3) is 0 Å². The van der Waals surface area contributed by atoms with Gasteiger partial charge in [0.1, 0.15) is 0 Å². The second-order valence-electron chi connectivity index (χ2n) is 5.43. The molecule has 1 nitrogen and oxygen atoms in total. The van der Waals surface area contributed by atoms with Crippen molar-refractivity contribution in [2.24, 2.45) is 0 Å². The van der Waals surface area contributed by atoms with Gasteiger partial charge in [-0.2, -0.15) is 0 Å². The van der Waals surface area contributed by atoms with E-state index in [1.807, 2.05) is 0 Å². The van der Waals surface area contributed by atoms with Gasteiger partial charge in [-0.05, 0) is 47.4 Å². The molecule has 1 aliphatic rings. The van der Waals surface area contributed by atoms with Gasteiger partial charge in [-0.3, -0.25) is 0 Å². The molecular formula is C15H23N. The van der Waals surface area contributed by atoms with Crippen molar-refractivity contribution in [1.82, 2.24) is 0 Å². The highest BCUT2D eigenvalue weighted by molar-refractivity contribution is 5.60. The van der Waals surface area contributed by atoms with Gasteiger partial charge in [0, 0.05) is 12.2 Å². The van der Waals surface area contributed by atoms with Crippen LogP contribution in [0.4, 0.5) is 5.69 Å². The zero-order valence-electron chi connectivity index (χ0n) is 10.9. The maximum atomic E-state index is 3.52. The summed E-state index contributed by atoms with van der Waals surface area (Å²) < 4.78 is 0. The summed E-state index contributed by atoms with van der Waals surface area (Å²) in [4.78, 5) is 0. The van der Waals surface area contributed by atoms with E-state index in [9.17, 15) is 0 Å². The molecule has 0 unspecified atom stereocenters. The minimum Gasteiger partial charge on any atom is -0.385 e. The molecule has 1 aromatic carbocycles. The molecule has 1 aromatic rings. The van der Waals surface area contributed by atoms with Crippen LogP contribution in [0, 0.1) is 0 Å². The van der Waals surface area contributed by atoms with E-state index in [-0.39, 0.29) is 0 Å². The largest absolute Gasteiger partial charge is 0.385 e. The van der Waals surface area contributed by atoms with Crippen molar-refractivity contribution in [2.75, 3.05) is 11.9 Å². The van der Waals surface area contributed by atoms with E-state index < -0.39 is 0 Å². The second-order valence-corrected chi connectivity index (χ2v) is 5.43. The fourth-order valence-corrected chi connectivity index (χ4v) is 2.79. The number of anilines is 1. The molecule has 1 aliphatic heterocycles. The standard InChI is InChI=1S/C15H23N/c1-10(2)12-7-8-14-13(6-5-9-16-14)15(12)11(3)4/h7-8,10-11,16H,5-6,9H2,1-4H3. The minimum atomic E-state index is 0.629. The predicted octanol–water partition coefficient (Wildman–Crippen LogP) is 4.29. The molecule has 1 N–H and O–H groups in total. The number of benzene rings is 1. The van der Waals surface area contributed by atoms with E-state index in [2.05, 4.69) is 45.1 Å². The third-order valence-electron chi connectivity index (χ3n) is 3.51. The molecule has 88 valence electrons. The quantitative estimate of drug-likeness (QED) is 0.779. The fourth-order valence-electron chi connectivity index (χ4n) is 2.79. The van der Waals surface area contributed by atoms with Crippen molar-refractivity contribution < 1.29 is 0 Å². The maximum Gasteiger partial charge on any atom is 0.0375 e. The van der Waals surface area contributed by atoms with Gasteiger partial charge in [-0.1, -0.05) is 33.8 Å². The Bertz CT molecular complexity index is 377. The molecule has 0 amide bonds. The molecule has 0 radical (unpaired) electrons. The van der Waals surface area contributed by atoms with Crippen molar-refractivity contribution in [1.29, 1.82) is 0 Å². The van der Waals surface area contributed by atoms with E-state index in [1.165, 1.54) is 24.1 Å². The molecule has 0 saturated carbocycles. The van der Waals surface area contributed by atoms with Crippen molar-refractivity contribution in [2.45, 2.75) is 52.4 Å². The lowest BCUT2D eigenvalue weighted by Crippen LogP contribution is -2.15. The van der Waals surface area contributed by atoms with Crippen molar-refractivity contribution in [3.63, 3.8) is 0 Å². The number of nitrogens with one attached hydrogen (secondary N) is 1. The molecule has 0 aromatic heterocycles. The van der Waals surface area contributed by atoms with E-state index in [0.29, 0.717) is 11.8 Å². The minimum absolute atomic E-state index is 0.629. The summed E-state index contributed by atoms with van der Waals surface area (Å²) >= 11 is 0. The highest BCUT2D eigenvalue weighted by Gasteiger charge is 2.19. The van der Waals surface area contributed by atoms with Crippen molar-refractivity contribution >= 4 is 5.69 Å². The Morgan fingerprint density at radius 1 is 1.06 bits per heavy atom. The van der Waals surface area contributed by atoms with Gasteiger partial charge >= 0.3 is 0 Å². The molecule has 1 heteroatoms. The topological polar surface area (TPSA) is 12.0 Å². The highest BCUT2D eigenvalue weighted by atomic mass is 14.9. The Morgan fingerprint density at radius 3 is 2.44 bits per heavy atom. The summed E-state index contributed by atoms with van der Waals surface area (Å²) in [7, 11) is 0. The van der Waals surface area contributed by atoms with Gasteiger partial charge in [-0.15, -0.1) is 0 Å². The molecular weight excluding hydrogens is 194 g/mol. The lowest BCUT2D eigenvalue weighted by atomic mass is 9.83. The summed E-state index contributed by atoms with van der Waals surface area (Å²) in [6.45, 7) is 10.4. The van der Waals surface area contributed by atoms with Crippen LogP contribution in [0.15, 0.2) is 12.1 Å². The maximum absolute atomic E-state index is 3.52. The number of fused-ring (bicyclic) bond motifs is 1. The van der Waals surface area contributed by atoms with Crippen molar-refractivity contribution in [3.8, 4) is 0 Å². The van der Waals surface area contributed by atoms with Crippen LogP contribution in [0.1, 0.15) is 62.6 Å². The summed E-state index contributed by atoms with van der Waals surface area (Å²) in [6.07, 6.45) is 2.52. The Balaban J connectivity index is 2.57. The van der Waals surface area contributed by atoms with Crippen LogP contribution in [-0.4, -0.2) is 6.54 Å². The molecule has 0 saturated heterocycles. The highest BCUT2D eigenvalue weighted by Crippen LogP contribution is 2.35. The Labute approximate surface area is 99.3 Å². The van der Waals surface area contributed by atoms with Gasteiger partial charge in [0.25, 0.3) is 0 Å². The van der Waals surface area contributed by atoms with E-state index in [0.717, 1.165) is 6.54 Å². The number of rotatable bonds is 2. The summed E-state index contributed by atoms with van der Waals surface area (Å²) in [5, 5.41) is 3.52. The molecule has 2 rings (SSSR count). The first-order chi connectivity index (χ1) is 7.61. The monoisotopic (exact) mass is 217 g/mol. The third-order valence-corrected chi connectivity index (χ3v) is 3.51. The average Bonchev–Trinajstić information content (AvgIpc) is 2.27. The Morgan fingerprint density at radius 2 is 1.81 bits per heavy atom. The molecule has 0 atom stereocenters. The normalized spacial score (nSPS) is 15.1. The Hall–Kier alpha value is -0.980. The zero-order chi connectivity index (χ0) is 11.7. The van der Waals surface area contributed by atoms with Gasteiger partial charge in [0.05, 0.1) is 0 Å². The molecule has 0 spiro atoms. The average molecular weight is 217 g/mol. The van der Waals surface area contributed by atoms with E-state index >= 15 is 0 Å². The van der Waals surface area contributed by atoms with Gasteiger partial charge in [0.2, 0.25) is 0 Å². The lowest BCUT2D eigenvalue weighted by Gasteiger charge is -2.26. The van der Waals surface area contributed by atoms with Gasteiger partial charge in [-0.25, -0.2) is 0 Å². The van der Waals surface area contributed by atoms with Crippen molar-refractivity contribution in [3.05, 3.63) is 28.8 Å².